The molecule has 4 nitrogen and oxygen atoms in total. The van der Waals surface area contributed by atoms with E-state index in [0.717, 1.165) is 16.7 Å². The third-order valence-corrected chi connectivity index (χ3v) is 5.92. The summed E-state index contributed by atoms with van der Waals surface area (Å²) in [4.78, 5) is 12.5. The van der Waals surface area contributed by atoms with E-state index in [1.54, 1.807) is 18.2 Å². The molecular formula is C18H20ClNO3S. The molecule has 2 aromatic rings. The minimum atomic E-state index is -3.68. The first-order chi connectivity index (χ1) is 11.2. The lowest BCUT2D eigenvalue weighted by Crippen LogP contribution is -2.36. The molecule has 24 heavy (non-hydrogen) atoms. The van der Waals surface area contributed by atoms with Crippen molar-refractivity contribution in [3.8, 4) is 0 Å². The first kappa shape index (κ1) is 18.5. The van der Waals surface area contributed by atoms with Gasteiger partial charge in [-0.2, -0.15) is 0 Å². The van der Waals surface area contributed by atoms with Gasteiger partial charge in [-0.05, 0) is 56.0 Å². The maximum atomic E-state index is 12.5. The average Bonchev–Trinajstić information content (AvgIpc) is 2.50. The van der Waals surface area contributed by atoms with Crippen LogP contribution >= 0.6 is 11.6 Å². The zero-order valence-electron chi connectivity index (χ0n) is 13.8. The van der Waals surface area contributed by atoms with E-state index in [1.807, 2.05) is 31.2 Å². The monoisotopic (exact) mass is 365 g/mol. The SMILES string of the molecule is Cc1cccc(C(=O)NS(=O)(=O)C(C)C)c1Cc1ccccc1Cl. The number of rotatable bonds is 5. The number of amides is 1. The van der Waals surface area contributed by atoms with Crippen LogP contribution in [0.1, 0.15) is 40.9 Å². The Hall–Kier alpha value is -1.85. The lowest BCUT2D eigenvalue weighted by atomic mass is 9.95. The summed E-state index contributed by atoms with van der Waals surface area (Å²) in [7, 11) is -3.68. The second-order valence-electron chi connectivity index (χ2n) is 5.89. The molecule has 128 valence electrons. The Morgan fingerprint density at radius 1 is 1.12 bits per heavy atom. The molecule has 0 unspecified atom stereocenters. The summed E-state index contributed by atoms with van der Waals surface area (Å²) in [5, 5.41) is -0.0693. The molecule has 0 bridgehead atoms. The molecule has 0 saturated heterocycles. The van der Waals surface area contributed by atoms with Crippen LogP contribution in [-0.4, -0.2) is 19.6 Å². The van der Waals surface area contributed by atoms with E-state index in [1.165, 1.54) is 13.8 Å². The predicted octanol–water partition coefficient (Wildman–Crippen LogP) is 3.71. The van der Waals surface area contributed by atoms with Crippen molar-refractivity contribution in [2.24, 2.45) is 0 Å². The van der Waals surface area contributed by atoms with Crippen molar-refractivity contribution in [1.29, 1.82) is 0 Å². The lowest BCUT2D eigenvalue weighted by molar-refractivity contribution is 0.0980. The van der Waals surface area contributed by atoms with Gasteiger partial charge < -0.3 is 0 Å². The molecule has 2 rings (SSSR count). The zero-order chi connectivity index (χ0) is 17.9. The van der Waals surface area contributed by atoms with Crippen LogP contribution in [0.3, 0.4) is 0 Å². The van der Waals surface area contributed by atoms with Gasteiger partial charge in [-0.1, -0.05) is 41.9 Å². The molecule has 0 aliphatic heterocycles. The van der Waals surface area contributed by atoms with E-state index >= 15 is 0 Å². The topological polar surface area (TPSA) is 63.2 Å². The normalized spacial score (nSPS) is 11.5. The molecule has 6 heteroatoms. The van der Waals surface area contributed by atoms with E-state index in [9.17, 15) is 13.2 Å². The highest BCUT2D eigenvalue weighted by Crippen LogP contribution is 2.23. The van der Waals surface area contributed by atoms with E-state index in [4.69, 9.17) is 11.6 Å². The van der Waals surface area contributed by atoms with E-state index in [2.05, 4.69) is 4.72 Å². The molecule has 0 aliphatic rings. The van der Waals surface area contributed by atoms with Crippen LogP contribution in [0.5, 0.6) is 0 Å². The van der Waals surface area contributed by atoms with Crippen molar-refractivity contribution in [3.63, 3.8) is 0 Å². The highest BCUT2D eigenvalue weighted by atomic mass is 35.5. The van der Waals surface area contributed by atoms with E-state index in [0.29, 0.717) is 17.0 Å². The van der Waals surface area contributed by atoms with E-state index in [-0.39, 0.29) is 0 Å². The number of carbonyl (C=O) groups is 1. The standard InChI is InChI=1S/C18H20ClNO3S/c1-12(2)24(22,23)20-18(21)15-9-6-7-13(3)16(15)11-14-8-4-5-10-17(14)19/h4-10,12H,11H2,1-3H3,(H,20,21). The molecule has 2 aromatic carbocycles. The van der Waals surface area contributed by atoms with Gasteiger partial charge in [0.15, 0.2) is 0 Å². The van der Waals surface area contributed by atoms with Gasteiger partial charge in [0.2, 0.25) is 10.0 Å². The number of sulfonamides is 1. The van der Waals surface area contributed by atoms with Gasteiger partial charge in [-0.25, -0.2) is 13.1 Å². The average molecular weight is 366 g/mol. The Morgan fingerprint density at radius 2 is 1.79 bits per heavy atom. The van der Waals surface area contributed by atoms with Gasteiger partial charge in [0.25, 0.3) is 5.91 Å². The van der Waals surface area contributed by atoms with Crippen molar-refractivity contribution in [2.75, 3.05) is 0 Å². The maximum Gasteiger partial charge on any atom is 0.265 e. The van der Waals surface area contributed by atoms with Crippen LogP contribution in [-0.2, 0) is 16.4 Å². The fourth-order valence-corrected chi connectivity index (χ4v) is 3.09. The number of hydrogen-bond acceptors (Lipinski definition) is 3. The number of hydrogen-bond donors (Lipinski definition) is 1. The van der Waals surface area contributed by atoms with Crippen LogP contribution in [0.25, 0.3) is 0 Å². The molecule has 0 radical (unpaired) electrons. The van der Waals surface area contributed by atoms with Crippen molar-refractivity contribution in [3.05, 3.63) is 69.7 Å². The number of carbonyl (C=O) groups excluding carboxylic acids is 1. The van der Waals surface area contributed by atoms with Crippen LogP contribution in [0.4, 0.5) is 0 Å². The summed E-state index contributed by atoms with van der Waals surface area (Å²) in [6, 6.07) is 12.7. The van der Waals surface area contributed by atoms with Crippen LogP contribution in [0.2, 0.25) is 5.02 Å². The van der Waals surface area contributed by atoms with Crippen LogP contribution in [0, 0.1) is 6.92 Å². The van der Waals surface area contributed by atoms with Crippen molar-refractivity contribution >= 4 is 27.5 Å². The van der Waals surface area contributed by atoms with Crippen LogP contribution in [0.15, 0.2) is 42.5 Å². The largest absolute Gasteiger partial charge is 0.268 e. The Bertz CT molecular complexity index is 860. The third-order valence-electron chi connectivity index (χ3n) is 3.84. The van der Waals surface area contributed by atoms with Gasteiger partial charge in [0.05, 0.1) is 5.25 Å². The highest BCUT2D eigenvalue weighted by Gasteiger charge is 2.22. The Kier molecular flexibility index (Phi) is 5.67. The van der Waals surface area contributed by atoms with E-state index < -0.39 is 21.2 Å². The zero-order valence-corrected chi connectivity index (χ0v) is 15.4. The molecule has 0 aliphatic carbocycles. The van der Waals surface area contributed by atoms with Crippen molar-refractivity contribution in [1.82, 2.24) is 4.72 Å². The summed E-state index contributed by atoms with van der Waals surface area (Å²) >= 11 is 6.21. The van der Waals surface area contributed by atoms with Gasteiger partial charge in [0, 0.05) is 10.6 Å². The molecule has 0 atom stereocenters. The second kappa shape index (κ2) is 7.36. The Labute approximate surface area is 147 Å². The minimum Gasteiger partial charge on any atom is -0.268 e. The molecule has 0 heterocycles. The molecule has 0 fully saturated rings. The number of halogens is 1. The summed E-state index contributed by atoms with van der Waals surface area (Å²) in [5.41, 5.74) is 2.90. The lowest BCUT2D eigenvalue weighted by Gasteiger charge is -2.15. The molecular weight excluding hydrogens is 346 g/mol. The van der Waals surface area contributed by atoms with Gasteiger partial charge in [-0.3, -0.25) is 4.79 Å². The first-order valence-corrected chi connectivity index (χ1v) is 9.52. The van der Waals surface area contributed by atoms with Crippen molar-refractivity contribution in [2.45, 2.75) is 32.4 Å². The van der Waals surface area contributed by atoms with Gasteiger partial charge >= 0.3 is 0 Å². The van der Waals surface area contributed by atoms with Crippen LogP contribution < -0.4 is 4.72 Å². The third kappa shape index (κ3) is 4.16. The first-order valence-electron chi connectivity index (χ1n) is 7.60. The molecule has 0 saturated carbocycles. The number of aryl methyl sites for hydroxylation is 1. The molecule has 0 spiro atoms. The number of nitrogens with one attached hydrogen (secondary N) is 1. The van der Waals surface area contributed by atoms with Gasteiger partial charge in [0.1, 0.15) is 0 Å². The molecule has 1 N–H and O–H groups in total. The number of benzene rings is 2. The fourth-order valence-electron chi connectivity index (χ4n) is 2.28. The predicted molar refractivity (Wildman–Crippen MR) is 97.0 cm³/mol. The quantitative estimate of drug-likeness (QED) is 0.878. The van der Waals surface area contributed by atoms with Gasteiger partial charge in [-0.15, -0.1) is 0 Å². The summed E-state index contributed by atoms with van der Waals surface area (Å²) in [5.74, 6) is -0.616. The fraction of sp³-hybridized carbons (Fsp3) is 0.278. The highest BCUT2D eigenvalue weighted by molar-refractivity contribution is 7.90. The Balaban J connectivity index is 2.40. The summed E-state index contributed by atoms with van der Waals surface area (Å²) in [6.45, 7) is 4.94. The second-order valence-corrected chi connectivity index (χ2v) is 8.54. The smallest absolute Gasteiger partial charge is 0.265 e. The van der Waals surface area contributed by atoms with Crippen molar-refractivity contribution < 1.29 is 13.2 Å². The summed E-state index contributed by atoms with van der Waals surface area (Å²) < 4.78 is 26.1. The molecule has 0 aromatic heterocycles. The summed E-state index contributed by atoms with van der Waals surface area (Å²) in [6.07, 6.45) is 0.455. The minimum absolute atomic E-state index is 0.346. The maximum absolute atomic E-state index is 12.5. The molecule has 1 amide bonds. The Morgan fingerprint density at radius 3 is 2.42 bits per heavy atom.